The fourth-order valence-electron chi connectivity index (χ4n) is 3.29. The van der Waals surface area contributed by atoms with Gasteiger partial charge in [-0.2, -0.15) is 0 Å². The molecule has 0 unspecified atom stereocenters. The van der Waals surface area contributed by atoms with Gasteiger partial charge < -0.3 is 20.1 Å². The molecular weight excluding hydrogens is 332 g/mol. The van der Waals surface area contributed by atoms with Crippen molar-refractivity contribution in [2.75, 3.05) is 19.8 Å². The van der Waals surface area contributed by atoms with Crippen molar-refractivity contribution in [3.63, 3.8) is 0 Å². The van der Waals surface area contributed by atoms with Crippen molar-refractivity contribution in [3.05, 3.63) is 35.5 Å². The molecule has 0 bridgehead atoms. The number of carbonyl (C=O) groups excluding carboxylic acids is 1. The number of rotatable bonds is 4. The molecule has 6 nitrogen and oxygen atoms in total. The maximum Gasteiger partial charge on any atom is 0.311 e. The number of hydrogen-bond acceptors (Lipinski definition) is 3. The van der Waals surface area contributed by atoms with E-state index in [2.05, 4.69) is 43.2 Å². The van der Waals surface area contributed by atoms with Gasteiger partial charge >= 0.3 is 5.97 Å². The lowest BCUT2D eigenvalue weighted by atomic mass is 9.80. The predicted octanol–water partition coefficient (Wildman–Crippen LogP) is 3.08. The molecule has 1 aliphatic rings. The number of nitrogens with one attached hydrogen (secondary N) is 2. The highest BCUT2D eigenvalue weighted by molar-refractivity contribution is 5.98. The Morgan fingerprint density at radius 3 is 2.54 bits per heavy atom. The number of aromatic amines is 1. The summed E-state index contributed by atoms with van der Waals surface area (Å²) in [6.07, 6.45) is 0.814. The van der Waals surface area contributed by atoms with Gasteiger partial charge in [-0.15, -0.1) is 0 Å². The van der Waals surface area contributed by atoms with Crippen molar-refractivity contribution in [1.29, 1.82) is 0 Å². The SMILES string of the molecule is CC(C)(C)c1ccc2cc(C(=O)NCC3(C(=O)O)CCOCC3)[nH]c2c1. The standard InChI is InChI=1S/C20H26N2O4/c1-19(2,3)14-5-4-13-10-16(22-15(13)11-14)17(23)21-12-20(18(24)25)6-8-26-9-7-20/h4-5,10-11,22H,6-9,12H2,1-3H3,(H,21,23)(H,24,25). The molecule has 1 amide bonds. The molecule has 140 valence electrons. The highest BCUT2D eigenvalue weighted by Gasteiger charge is 2.40. The number of aromatic nitrogens is 1. The lowest BCUT2D eigenvalue weighted by Gasteiger charge is -2.33. The molecule has 0 spiro atoms. The predicted molar refractivity (Wildman–Crippen MR) is 99.5 cm³/mol. The molecule has 0 aliphatic carbocycles. The van der Waals surface area contributed by atoms with E-state index in [0.29, 0.717) is 31.7 Å². The summed E-state index contributed by atoms with van der Waals surface area (Å²) in [4.78, 5) is 27.4. The van der Waals surface area contributed by atoms with Crippen LogP contribution in [0.4, 0.5) is 0 Å². The van der Waals surface area contributed by atoms with Crippen LogP contribution in [0.3, 0.4) is 0 Å². The average Bonchev–Trinajstić information content (AvgIpc) is 3.03. The maximum absolute atomic E-state index is 12.5. The molecule has 0 radical (unpaired) electrons. The van der Waals surface area contributed by atoms with E-state index >= 15 is 0 Å². The van der Waals surface area contributed by atoms with E-state index in [1.807, 2.05) is 6.07 Å². The van der Waals surface area contributed by atoms with Gasteiger partial charge in [-0.05, 0) is 36.0 Å². The van der Waals surface area contributed by atoms with E-state index < -0.39 is 11.4 Å². The zero-order valence-corrected chi connectivity index (χ0v) is 15.5. The molecule has 1 saturated heterocycles. The van der Waals surface area contributed by atoms with Crippen LogP contribution < -0.4 is 5.32 Å². The first-order chi connectivity index (χ1) is 12.2. The fraction of sp³-hybridized carbons (Fsp3) is 0.500. The van der Waals surface area contributed by atoms with Gasteiger partial charge in [-0.1, -0.05) is 32.9 Å². The number of carbonyl (C=O) groups is 2. The van der Waals surface area contributed by atoms with Crippen LogP contribution in [0.25, 0.3) is 10.9 Å². The first kappa shape index (κ1) is 18.5. The van der Waals surface area contributed by atoms with Crippen LogP contribution in [0, 0.1) is 5.41 Å². The number of benzene rings is 1. The Hall–Kier alpha value is -2.34. The lowest BCUT2D eigenvalue weighted by molar-refractivity contribution is -0.154. The van der Waals surface area contributed by atoms with Crippen molar-refractivity contribution in [2.45, 2.75) is 39.0 Å². The van der Waals surface area contributed by atoms with Crippen LogP contribution in [-0.4, -0.2) is 41.7 Å². The first-order valence-corrected chi connectivity index (χ1v) is 8.94. The van der Waals surface area contributed by atoms with Crippen molar-refractivity contribution in [3.8, 4) is 0 Å². The summed E-state index contributed by atoms with van der Waals surface area (Å²) in [7, 11) is 0. The summed E-state index contributed by atoms with van der Waals surface area (Å²) in [5.41, 5.74) is 1.61. The Balaban J connectivity index is 1.76. The smallest absolute Gasteiger partial charge is 0.311 e. The summed E-state index contributed by atoms with van der Waals surface area (Å²) in [6.45, 7) is 7.35. The molecule has 2 heterocycles. The second kappa shape index (κ2) is 6.76. The molecule has 1 fully saturated rings. The van der Waals surface area contributed by atoms with Gasteiger partial charge in [-0.25, -0.2) is 0 Å². The molecule has 0 saturated carbocycles. The number of aliphatic carboxylic acids is 1. The molecule has 1 aliphatic heterocycles. The van der Waals surface area contributed by atoms with Crippen LogP contribution in [0.15, 0.2) is 24.3 Å². The van der Waals surface area contributed by atoms with Crippen molar-refractivity contribution in [1.82, 2.24) is 10.3 Å². The van der Waals surface area contributed by atoms with E-state index in [0.717, 1.165) is 10.9 Å². The van der Waals surface area contributed by atoms with Crippen LogP contribution in [0.1, 0.15) is 49.7 Å². The monoisotopic (exact) mass is 358 g/mol. The Labute approximate surface area is 152 Å². The van der Waals surface area contributed by atoms with Crippen molar-refractivity contribution in [2.24, 2.45) is 5.41 Å². The normalized spacial score (nSPS) is 17.2. The lowest BCUT2D eigenvalue weighted by Crippen LogP contribution is -2.46. The number of H-pyrrole nitrogens is 1. The summed E-state index contributed by atoms with van der Waals surface area (Å²) in [5, 5.41) is 13.3. The zero-order valence-electron chi connectivity index (χ0n) is 15.5. The van der Waals surface area contributed by atoms with E-state index in [1.54, 1.807) is 6.07 Å². The van der Waals surface area contributed by atoms with Crippen molar-refractivity contribution < 1.29 is 19.4 Å². The van der Waals surface area contributed by atoms with Gasteiger partial charge in [0.05, 0.1) is 5.41 Å². The Bertz CT molecular complexity index is 826. The maximum atomic E-state index is 12.5. The first-order valence-electron chi connectivity index (χ1n) is 8.94. The molecule has 2 aromatic rings. The van der Waals surface area contributed by atoms with Gasteiger partial charge in [0, 0.05) is 30.7 Å². The van der Waals surface area contributed by atoms with Crippen LogP contribution in [-0.2, 0) is 14.9 Å². The third kappa shape index (κ3) is 3.60. The Morgan fingerprint density at radius 2 is 1.92 bits per heavy atom. The van der Waals surface area contributed by atoms with Crippen LogP contribution >= 0.6 is 0 Å². The number of carboxylic acids is 1. The van der Waals surface area contributed by atoms with Crippen LogP contribution in [0.5, 0.6) is 0 Å². The summed E-state index contributed by atoms with van der Waals surface area (Å²) < 4.78 is 5.26. The number of hydrogen-bond donors (Lipinski definition) is 3. The van der Waals surface area contributed by atoms with E-state index in [4.69, 9.17) is 4.74 Å². The second-order valence-corrected chi connectivity index (χ2v) is 8.12. The number of fused-ring (bicyclic) bond motifs is 1. The van der Waals surface area contributed by atoms with E-state index in [9.17, 15) is 14.7 Å². The topological polar surface area (TPSA) is 91.4 Å². The highest BCUT2D eigenvalue weighted by Crippen LogP contribution is 2.30. The number of ether oxygens (including phenoxy) is 1. The minimum absolute atomic E-state index is 0.0264. The van der Waals surface area contributed by atoms with Gasteiger partial charge in [0.1, 0.15) is 5.69 Å². The van der Waals surface area contributed by atoms with E-state index in [-0.39, 0.29) is 17.9 Å². The quantitative estimate of drug-likeness (QED) is 0.783. The van der Waals surface area contributed by atoms with Gasteiger partial charge in [0.15, 0.2) is 0 Å². The number of amides is 1. The summed E-state index contributed by atoms with van der Waals surface area (Å²) in [5.74, 6) is -1.17. The molecular formula is C20H26N2O4. The highest BCUT2D eigenvalue weighted by atomic mass is 16.5. The molecule has 3 N–H and O–H groups in total. The summed E-state index contributed by atoms with van der Waals surface area (Å²) in [6, 6.07) is 7.93. The molecule has 3 rings (SSSR count). The fourth-order valence-corrected chi connectivity index (χ4v) is 3.29. The van der Waals surface area contributed by atoms with Crippen LogP contribution in [0.2, 0.25) is 0 Å². The summed E-state index contributed by atoms with van der Waals surface area (Å²) >= 11 is 0. The largest absolute Gasteiger partial charge is 0.481 e. The number of carboxylic acid groups (broad SMARTS) is 1. The molecule has 0 atom stereocenters. The van der Waals surface area contributed by atoms with Gasteiger partial charge in [0.25, 0.3) is 5.91 Å². The molecule has 26 heavy (non-hydrogen) atoms. The molecule has 1 aromatic carbocycles. The van der Waals surface area contributed by atoms with Gasteiger partial charge in [0.2, 0.25) is 0 Å². The second-order valence-electron chi connectivity index (χ2n) is 8.12. The minimum Gasteiger partial charge on any atom is -0.481 e. The zero-order chi connectivity index (χ0) is 18.9. The average molecular weight is 358 g/mol. The van der Waals surface area contributed by atoms with Gasteiger partial charge in [-0.3, -0.25) is 9.59 Å². The Kier molecular flexibility index (Phi) is 4.80. The third-order valence-electron chi connectivity index (χ3n) is 5.22. The minimum atomic E-state index is -0.945. The molecule has 1 aromatic heterocycles. The molecule has 6 heteroatoms. The van der Waals surface area contributed by atoms with Crippen molar-refractivity contribution >= 4 is 22.8 Å². The van der Waals surface area contributed by atoms with E-state index in [1.165, 1.54) is 5.56 Å². The Morgan fingerprint density at radius 1 is 1.23 bits per heavy atom. The third-order valence-corrected chi connectivity index (χ3v) is 5.22.